The molecule has 0 aromatic carbocycles. The first-order chi connectivity index (χ1) is 10.3. The van der Waals surface area contributed by atoms with Crippen molar-refractivity contribution in [3.63, 3.8) is 0 Å². The molecule has 136 valence electrons. The lowest BCUT2D eigenvalue weighted by Gasteiger charge is -2.30. The van der Waals surface area contributed by atoms with Gasteiger partial charge in [0.2, 0.25) is 5.91 Å². The molecule has 0 aliphatic carbocycles. The molecule has 0 rings (SSSR count). The van der Waals surface area contributed by atoms with Crippen LogP contribution in [0.2, 0.25) is 0 Å². The Morgan fingerprint density at radius 2 is 1.57 bits per heavy atom. The van der Waals surface area contributed by atoms with Crippen molar-refractivity contribution in [2.24, 2.45) is 0 Å². The van der Waals surface area contributed by atoms with Crippen LogP contribution in [0.15, 0.2) is 0 Å². The molecule has 1 amide bonds. The van der Waals surface area contributed by atoms with Crippen molar-refractivity contribution < 1.29 is 54.1 Å². The van der Waals surface area contributed by atoms with Crippen molar-refractivity contribution in [2.75, 3.05) is 6.61 Å². The lowest BCUT2D eigenvalue weighted by atomic mass is 10.0. The van der Waals surface area contributed by atoms with Gasteiger partial charge < -0.3 is 20.3 Å². The summed E-state index contributed by atoms with van der Waals surface area (Å²) in [5.41, 5.74) is 0. The molecule has 15 heteroatoms. The molecule has 0 heterocycles. The predicted molar refractivity (Wildman–Crippen MR) is 69.6 cm³/mol. The van der Waals surface area contributed by atoms with Gasteiger partial charge in [0.25, 0.3) is 0 Å². The summed E-state index contributed by atoms with van der Waals surface area (Å²) in [6.45, 7) is -0.306. The molecule has 0 bridgehead atoms. The molecule has 0 saturated carbocycles. The van der Waals surface area contributed by atoms with Crippen LogP contribution in [0.5, 0.6) is 0 Å². The van der Waals surface area contributed by atoms with Crippen LogP contribution in [0.3, 0.4) is 0 Å². The number of aliphatic hydroxyl groups is 2. The summed E-state index contributed by atoms with van der Waals surface area (Å²) in [6.07, 6.45) is -7.00. The summed E-state index contributed by atoms with van der Waals surface area (Å²) in [6, 6.07) is -1.93. The number of rotatable bonds is 10. The number of carbonyl (C=O) groups is 2. The molecule has 0 aliphatic rings. The van der Waals surface area contributed by atoms with Gasteiger partial charge in [0.15, 0.2) is 0 Å². The van der Waals surface area contributed by atoms with Gasteiger partial charge in [-0.05, 0) is 0 Å². The van der Waals surface area contributed by atoms with E-state index < -0.39 is 57.7 Å². The normalized spacial score (nSPS) is 17.8. The maximum Gasteiger partial charge on any atom is 0.397 e. The second-order valence-corrected chi connectivity index (χ2v) is 6.19. The van der Waals surface area contributed by atoms with Crippen molar-refractivity contribution in [2.45, 2.75) is 31.3 Å². The monoisotopic (exact) mass is 381 g/mol. The summed E-state index contributed by atoms with van der Waals surface area (Å²) >= 11 is 0. The minimum atomic E-state index is -5.32. The molecule has 5 N–H and O–H groups in total. The lowest BCUT2D eigenvalue weighted by Crippen LogP contribution is -2.56. The van der Waals surface area contributed by atoms with Crippen LogP contribution >= 0.6 is 0 Å². The van der Waals surface area contributed by atoms with Crippen molar-refractivity contribution >= 4 is 33.0 Å². The Morgan fingerprint density at radius 1 is 1.13 bits per heavy atom. The van der Waals surface area contributed by atoms with Crippen LogP contribution in [0, 0.1) is 0 Å². The number of aldehydes is 1. The van der Waals surface area contributed by atoms with E-state index in [0.29, 0.717) is 0 Å². The molecular formula is C8H15NO12S2. The molecule has 0 spiro atoms. The summed E-state index contributed by atoms with van der Waals surface area (Å²) in [4.78, 5) is 21.9. The topological polar surface area (TPSA) is 214 Å². The molecule has 0 saturated heterocycles. The average molecular weight is 381 g/mol. The van der Waals surface area contributed by atoms with Gasteiger partial charge in [-0.25, -0.2) is 8.37 Å². The number of nitrogens with one attached hydrogen (secondary N) is 1. The van der Waals surface area contributed by atoms with E-state index in [4.69, 9.17) is 14.2 Å². The molecule has 0 aromatic rings. The third-order valence-corrected chi connectivity index (χ3v) is 3.16. The van der Waals surface area contributed by atoms with Gasteiger partial charge in [-0.2, -0.15) is 16.8 Å². The van der Waals surface area contributed by atoms with Crippen molar-refractivity contribution in [1.82, 2.24) is 5.32 Å². The highest BCUT2D eigenvalue weighted by Crippen LogP contribution is 2.17. The van der Waals surface area contributed by atoms with Crippen LogP contribution in [0.1, 0.15) is 6.92 Å². The Hall–Kier alpha value is -1.20. The largest absolute Gasteiger partial charge is 0.397 e. The zero-order valence-corrected chi connectivity index (χ0v) is 13.1. The third-order valence-electron chi connectivity index (χ3n) is 2.23. The van der Waals surface area contributed by atoms with Crippen LogP contribution in [-0.2, 0) is 38.8 Å². The minimum Gasteiger partial charge on any atom is -0.394 e. The first-order valence-corrected chi connectivity index (χ1v) is 8.36. The van der Waals surface area contributed by atoms with Gasteiger partial charge in [-0.3, -0.25) is 13.9 Å². The molecule has 23 heavy (non-hydrogen) atoms. The van der Waals surface area contributed by atoms with E-state index in [1.165, 1.54) is 0 Å². The highest BCUT2D eigenvalue weighted by Gasteiger charge is 2.42. The van der Waals surface area contributed by atoms with E-state index in [0.717, 1.165) is 6.92 Å². The van der Waals surface area contributed by atoms with Crippen molar-refractivity contribution in [1.29, 1.82) is 0 Å². The highest BCUT2D eigenvalue weighted by molar-refractivity contribution is 7.81. The molecule has 0 aromatic heterocycles. The lowest BCUT2D eigenvalue weighted by molar-refractivity contribution is -0.127. The number of carbonyl (C=O) groups excluding carboxylic acids is 2. The van der Waals surface area contributed by atoms with Crippen LogP contribution in [-0.4, -0.2) is 79.3 Å². The fraction of sp³-hybridized carbons (Fsp3) is 0.750. The summed E-state index contributed by atoms with van der Waals surface area (Å²) in [7, 11) is -10.6. The summed E-state index contributed by atoms with van der Waals surface area (Å²) in [5.74, 6) is -0.893. The van der Waals surface area contributed by atoms with Gasteiger partial charge in [0.1, 0.15) is 30.6 Å². The van der Waals surface area contributed by atoms with Gasteiger partial charge in [-0.15, -0.1) is 0 Å². The van der Waals surface area contributed by atoms with Gasteiger partial charge in [0.05, 0.1) is 6.61 Å². The van der Waals surface area contributed by atoms with Crippen molar-refractivity contribution in [3.05, 3.63) is 0 Å². The molecule has 0 fully saturated rings. The van der Waals surface area contributed by atoms with E-state index in [-0.39, 0.29) is 6.29 Å². The maximum atomic E-state index is 11.0. The van der Waals surface area contributed by atoms with E-state index >= 15 is 0 Å². The molecule has 0 unspecified atom stereocenters. The van der Waals surface area contributed by atoms with Crippen LogP contribution < -0.4 is 5.32 Å². The quantitative estimate of drug-likeness (QED) is 0.183. The summed E-state index contributed by atoms with van der Waals surface area (Å²) in [5, 5.41) is 20.2. The zero-order valence-electron chi connectivity index (χ0n) is 11.5. The smallest absolute Gasteiger partial charge is 0.394 e. The van der Waals surface area contributed by atoms with Crippen molar-refractivity contribution in [3.8, 4) is 0 Å². The minimum absolute atomic E-state index is 0.109. The fourth-order valence-electron chi connectivity index (χ4n) is 1.47. The third kappa shape index (κ3) is 8.86. The highest BCUT2D eigenvalue weighted by atomic mass is 32.3. The number of hydrogen-bond donors (Lipinski definition) is 5. The maximum absolute atomic E-state index is 11.0. The molecule has 13 nitrogen and oxygen atoms in total. The Morgan fingerprint density at radius 3 is 1.87 bits per heavy atom. The Balaban J connectivity index is 5.88. The standard InChI is InChI=1S/C8H15NO12S2/c1-4(12)9-5(2-10)7(20-22(14,15)16)8(6(13)3-11)21-23(17,18)19/h2,5-8,11,13H,3H2,1H3,(H,9,12)(H,14,15,16)(H,17,18,19)/t5-,6+,7+,8-/m0/s1. The Labute approximate surface area is 131 Å². The fourth-order valence-corrected chi connectivity index (χ4v) is 2.50. The number of aliphatic hydroxyl groups excluding tert-OH is 2. The Bertz CT molecular complexity index is 613. The van der Waals surface area contributed by atoms with E-state index in [1.807, 2.05) is 5.32 Å². The second-order valence-electron chi connectivity index (χ2n) is 4.09. The molecule has 0 aliphatic heterocycles. The molecule has 4 atom stereocenters. The SMILES string of the molecule is CC(=O)N[C@@H](C=O)[C@@H](OS(=O)(=O)O)[C@@H](OS(=O)(=O)O)[C@H](O)CO. The van der Waals surface area contributed by atoms with E-state index in [2.05, 4.69) is 8.37 Å². The van der Waals surface area contributed by atoms with Gasteiger partial charge >= 0.3 is 20.8 Å². The number of hydrogen-bond acceptors (Lipinski definition) is 10. The average Bonchev–Trinajstić information content (AvgIpc) is 2.36. The first-order valence-electron chi connectivity index (χ1n) is 5.63. The van der Waals surface area contributed by atoms with Crippen LogP contribution in [0.4, 0.5) is 0 Å². The van der Waals surface area contributed by atoms with Gasteiger partial charge in [-0.1, -0.05) is 0 Å². The Kier molecular flexibility index (Phi) is 8.15. The van der Waals surface area contributed by atoms with E-state index in [9.17, 15) is 31.5 Å². The summed E-state index contributed by atoms with van der Waals surface area (Å²) < 4.78 is 68.5. The number of amides is 1. The zero-order chi connectivity index (χ0) is 18.4. The van der Waals surface area contributed by atoms with Gasteiger partial charge in [0, 0.05) is 6.92 Å². The molecular weight excluding hydrogens is 366 g/mol. The predicted octanol–water partition coefficient (Wildman–Crippen LogP) is -3.58. The molecule has 0 radical (unpaired) electrons. The first kappa shape index (κ1) is 21.8. The van der Waals surface area contributed by atoms with Crippen LogP contribution in [0.25, 0.3) is 0 Å². The van der Waals surface area contributed by atoms with E-state index in [1.54, 1.807) is 0 Å². The second kappa shape index (κ2) is 8.60.